The lowest BCUT2D eigenvalue weighted by atomic mass is 9.53. The van der Waals surface area contributed by atoms with Crippen molar-refractivity contribution < 1.29 is 28.6 Å². The van der Waals surface area contributed by atoms with E-state index in [0.29, 0.717) is 12.2 Å². The lowest BCUT2D eigenvalue weighted by molar-refractivity contribution is -0.134. The summed E-state index contributed by atoms with van der Waals surface area (Å²) in [5.41, 5.74) is 2.34. The molecule has 3 aliphatic rings. The maximum Gasteiger partial charge on any atom is 0.308 e. The van der Waals surface area contributed by atoms with Gasteiger partial charge in [-0.05, 0) is 56.8 Å². The number of carbonyl (C=O) groups excluding carboxylic acids is 3. The van der Waals surface area contributed by atoms with Crippen molar-refractivity contribution in [3.8, 4) is 11.5 Å². The van der Waals surface area contributed by atoms with E-state index in [1.54, 1.807) is 17.8 Å². The van der Waals surface area contributed by atoms with Gasteiger partial charge in [-0.25, -0.2) is 0 Å². The van der Waals surface area contributed by atoms with Gasteiger partial charge < -0.3 is 19.1 Å². The number of benzene rings is 2. The highest BCUT2D eigenvalue weighted by Gasteiger charge is 2.60. The molecular formula is C29H31NO6S. The Morgan fingerprint density at radius 1 is 1.11 bits per heavy atom. The van der Waals surface area contributed by atoms with Crippen LogP contribution in [0.2, 0.25) is 0 Å². The largest absolute Gasteiger partial charge is 0.493 e. The molecule has 0 N–H and O–H groups in total. The van der Waals surface area contributed by atoms with Crippen LogP contribution in [-0.2, 0) is 24.5 Å². The van der Waals surface area contributed by atoms with Gasteiger partial charge in [-0.15, -0.1) is 11.8 Å². The van der Waals surface area contributed by atoms with Crippen LogP contribution in [0.4, 0.5) is 0 Å². The molecule has 1 heterocycles. The zero-order valence-electron chi connectivity index (χ0n) is 21.7. The minimum Gasteiger partial charge on any atom is -0.493 e. The molecule has 1 saturated heterocycles. The number of allylic oxidation sites excluding steroid dienone is 1. The van der Waals surface area contributed by atoms with Crippen LogP contribution < -0.4 is 9.47 Å². The van der Waals surface area contributed by atoms with E-state index in [2.05, 4.69) is 37.1 Å². The van der Waals surface area contributed by atoms with E-state index >= 15 is 0 Å². The van der Waals surface area contributed by atoms with Gasteiger partial charge in [0.15, 0.2) is 23.0 Å². The minimum absolute atomic E-state index is 0.0385. The monoisotopic (exact) mass is 521 g/mol. The summed E-state index contributed by atoms with van der Waals surface area (Å²) in [6.45, 7) is 5.49. The van der Waals surface area contributed by atoms with Gasteiger partial charge in [0, 0.05) is 48.1 Å². The molecule has 1 aliphatic heterocycles. The number of likely N-dealkylation sites (tertiary alicyclic amines) is 1. The number of hydrogen-bond donors (Lipinski definition) is 0. The number of ether oxygens (including phenoxy) is 3. The number of carbonyl (C=O) groups is 3. The first-order valence-electron chi connectivity index (χ1n) is 12.4. The first-order valence-corrected chi connectivity index (χ1v) is 13.3. The molecule has 5 rings (SSSR count). The molecular weight excluding hydrogens is 490 g/mol. The number of nitrogens with zero attached hydrogens (tertiary/aromatic N) is 1. The zero-order valence-corrected chi connectivity index (χ0v) is 22.5. The minimum atomic E-state index is -0.615. The first-order chi connectivity index (χ1) is 17.6. The molecule has 2 aromatic rings. The molecule has 2 aliphatic carbocycles. The van der Waals surface area contributed by atoms with E-state index in [1.807, 2.05) is 18.2 Å². The van der Waals surface area contributed by atoms with Gasteiger partial charge in [-0.1, -0.05) is 23.8 Å². The van der Waals surface area contributed by atoms with Crippen LogP contribution in [0.5, 0.6) is 11.5 Å². The summed E-state index contributed by atoms with van der Waals surface area (Å²) >= 11 is 1.76. The van der Waals surface area contributed by atoms with Gasteiger partial charge in [-0.2, -0.15) is 0 Å². The van der Waals surface area contributed by atoms with E-state index in [-0.39, 0.29) is 40.9 Å². The molecule has 0 saturated carbocycles. The molecule has 0 spiro atoms. The van der Waals surface area contributed by atoms with Crippen LogP contribution >= 0.6 is 11.8 Å². The fourth-order valence-corrected chi connectivity index (χ4v) is 7.87. The number of hydrogen-bond acceptors (Lipinski definition) is 8. The third-order valence-corrected chi connectivity index (χ3v) is 9.06. The van der Waals surface area contributed by atoms with Crippen LogP contribution in [-0.4, -0.2) is 49.4 Å². The predicted octanol–water partition coefficient (Wildman–Crippen LogP) is 4.75. The smallest absolute Gasteiger partial charge is 0.308 e. The second-order valence-corrected chi connectivity index (χ2v) is 11.4. The number of fused-ring (bicyclic) bond motifs is 1. The average Bonchev–Trinajstić information content (AvgIpc) is 2.83. The summed E-state index contributed by atoms with van der Waals surface area (Å²) < 4.78 is 16.8. The van der Waals surface area contributed by atoms with Gasteiger partial charge >= 0.3 is 11.9 Å². The van der Waals surface area contributed by atoms with Gasteiger partial charge in [-0.3, -0.25) is 14.4 Å². The summed E-state index contributed by atoms with van der Waals surface area (Å²) in [5.74, 6) is -0.367. The maximum absolute atomic E-state index is 13.3. The fraction of sp³-hybridized carbons (Fsp3) is 0.414. The van der Waals surface area contributed by atoms with Gasteiger partial charge in [0.05, 0.1) is 12.4 Å². The van der Waals surface area contributed by atoms with Gasteiger partial charge in [0.25, 0.3) is 0 Å². The average molecular weight is 522 g/mol. The Morgan fingerprint density at radius 3 is 2.54 bits per heavy atom. The van der Waals surface area contributed by atoms with E-state index in [9.17, 15) is 14.4 Å². The van der Waals surface area contributed by atoms with Gasteiger partial charge in [0.2, 0.25) is 0 Å². The quantitative estimate of drug-likeness (QED) is 0.412. The standard InChI is InChI=1S/C29H31NO6S/c1-16-7-6-8-19(13-16)37-28-20-9-10-23(35-17(2)31)27(36-18(3)32)25(20)29-11-12-30(4)26(28)21(29)14-24(34-5)22(33)15-29/h6-10,13-14,21,26,28H,11-12,15H2,1-5H3. The Morgan fingerprint density at radius 2 is 1.86 bits per heavy atom. The van der Waals surface area contributed by atoms with E-state index in [1.165, 1.54) is 26.5 Å². The lowest BCUT2D eigenvalue weighted by Crippen LogP contribution is -2.61. The van der Waals surface area contributed by atoms with Crippen LogP contribution in [0.25, 0.3) is 0 Å². The van der Waals surface area contributed by atoms with Crippen LogP contribution in [0.3, 0.4) is 0 Å². The number of rotatable bonds is 5. The van der Waals surface area contributed by atoms with Crippen molar-refractivity contribution in [2.45, 2.75) is 55.2 Å². The van der Waals surface area contributed by atoms with Crippen LogP contribution in [0, 0.1) is 12.8 Å². The van der Waals surface area contributed by atoms with Crippen molar-refractivity contribution >= 4 is 29.5 Å². The molecule has 37 heavy (non-hydrogen) atoms. The molecule has 2 aromatic carbocycles. The molecule has 2 bridgehead atoms. The Balaban J connectivity index is 1.80. The van der Waals surface area contributed by atoms with Crippen molar-refractivity contribution in [1.82, 2.24) is 4.90 Å². The molecule has 8 heteroatoms. The van der Waals surface area contributed by atoms with Crippen LogP contribution in [0.1, 0.15) is 48.6 Å². The summed E-state index contributed by atoms with van der Waals surface area (Å²) in [7, 11) is 3.65. The summed E-state index contributed by atoms with van der Waals surface area (Å²) in [4.78, 5) is 41.1. The summed E-state index contributed by atoms with van der Waals surface area (Å²) in [6.07, 6.45) is 2.89. The second-order valence-electron chi connectivity index (χ2n) is 10.1. The predicted molar refractivity (Wildman–Crippen MR) is 140 cm³/mol. The highest BCUT2D eigenvalue weighted by atomic mass is 32.2. The molecule has 1 fully saturated rings. The molecule has 4 atom stereocenters. The van der Waals surface area contributed by atoms with Crippen molar-refractivity contribution in [1.29, 1.82) is 0 Å². The van der Waals surface area contributed by atoms with E-state index in [4.69, 9.17) is 14.2 Å². The number of piperidine rings is 1. The molecule has 7 nitrogen and oxygen atoms in total. The molecule has 194 valence electrons. The Hall–Kier alpha value is -3.10. The van der Waals surface area contributed by atoms with Crippen molar-refractivity contribution in [2.24, 2.45) is 5.92 Å². The number of thioether (sulfide) groups is 1. The maximum atomic E-state index is 13.3. The molecule has 4 unspecified atom stereocenters. The highest BCUT2D eigenvalue weighted by molar-refractivity contribution is 7.99. The summed E-state index contributed by atoms with van der Waals surface area (Å²) in [6, 6.07) is 12.1. The topological polar surface area (TPSA) is 82.1 Å². The van der Waals surface area contributed by atoms with E-state index in [0.717, 1.165) is 22.6 Å². The van der Waals surface area contributed by atoms with Crippen molar-refractivity contribution in [3.63, 3.8) is 0 Å². The molecule has 0 aromatic heterocycles. The first kappa shape index (κ1) is 25.5. The Labute approximate surface area is 221 Å². The lowest BCUT2D eigenvalue weighted by Gasteiger charge is -2.59. The Kier molecular flexibility index (Phi) is 6.66. The SMILES string of the molecule is COC1=CC2C3C(Sc4cccc(C)c4)c4ccc(OC(C)=O)c(OC(C)=O)c4C2(CCN3C)CC1=O. The number of ketones is 1. The third-order valence-electron chi connectivity index (χ3n) is 7.75. The number of Topliss-reactive ketones (excluding diaryl/α,β-unsaturated/α-hetero) is 1. The number of aryl methyl sites for hydroxylation is 1. The van der Waals surface area contributed by atoms with E-state index < -0.39 is 17.4 Å². The van der Waals surface area contributed by atoms with Crippen molar-refractivity contribution in [2.75, 3.05) is 20.7 Å². The number of esters is 2. The van der Waals surface area contributed by atoms with Gasteiger partial charge in [0.1, 0.15) is 0 Å². The highest BCUT2D eigenvalue weighted by Crippen LogP contribution is 2.63. The Bertz CT molecular complexity index is 1320. The zero-order chi connectivity index (χ0) is 26.5. The number of likely N-dealkylation sites (N-methyl/N-ethyl adjacent to an activating group) is 1. The number of methoxy groups -OCH3 is 1. The molecule has 0 amide bonds. The third kappa shape index (κ3) is 4.36. The fourth-order valence-electron chi connectivity index (χ4n) is 6.33. The van der Waals surface area contributed by atoms with Crippen molar-refractivity contribution in [3.05, 3.63) is 64.9 Å². The normalized spacial score (nSPS) is 26.5. The van der Waals surface area contributed by atoms with Crippen LogP contribution in [0.15, 0.2) is 53.1 Å². The molecule has 0 radical (unpaired) electrons. The summed E-state index contributed by atoms with van der Waals surface area (Å²) in [5, 5.41) is -0.0385. The second kappa shape index (κ2) is 9.65.